The van der Waals surface area contributed by atoms with Crippen molar-refractivity contribution in [2.24, 2.45) is 0 Å². The molecule has 17 heavy (non-hydrogen) atoms. The lowest BCUT2D eigenvalue weighted by molar-refractivity contribution is 0.219. The van der Waals surface area contributed by atoms with Gasteiger partial charge in [0.15, 0.2) is 0 Å². The molecule has 0 unspecified atom stereocenters. The quantitative estimate of drug-likeness (QED) is 0.639. The first-order valence-corrected chi connectivity index (χ1v) is 6.10. The maximum Gasteiger partial charge on any atom is 0.121 e. The highest BCUT2D eigenvalue weighted by Crippen LogP contribution is 2.14. The largest absolute Gasteiger partial charge is 0.492 e. The van der Waals surface area contributed by atoms with Crippen molar-refractivity contribution in [3.05, 3.63) is 35.9 Å². The Balaban J connectivity index is 1.73. The minimum atomic E-state index is 0.719. The smallest absolute Gasteiger partial charge is 0.121 e. The number of nitrogens with two attached hydrogens (primary N) is 1. The van der Waals surface area contributed by atoms with Crippen LogP contribution >= 0.6 is 0 Å². The van der Waals surface area contributed by atoms with E-state index in [9.17, 15) is 0 Å². The van der Waals surface area contributed by atoms with Crippen molar-refractivity contribution >= 4 is 5.69 Å². The summed E-state index contributed by atoms with van der Waals surface area (Å²) in [4.78, 5) is 2.40. The van der Waals surface area contributed by atoms with E-state index < -0.39 is 0 Å². The molecule has 3 heteroatoms. The molecule has 0 saturated carbocycles. The van der Waals surface area contributed by atoms with Crippen LogP contribution in [0.2, 0.25) is 0 Å². The Hall–Kier alpha value is -1.48. The molecule has 92 valence electrons. The van der Waals surface area contributed by atoms with Crippen LogP contribution in [0, 0.1) is 0 Å². The minimum Gasteiger partial charge on any atom is -0.492 e. The van der Waals surface area contributed by atoms with Crippen molar-refractivity contribution in [2.45, 2.75) is 13.3 Å². The highest BCUT2D eigenvalue weighted by molar-refractivity contribution is 5.43. The molecular formula is C14H20N2O. The first-order valence-electron chi connectivity index (χ1n) is 6.10. The third kappa shape index (κ3) is 3.79. The molecule has 0 amide bonds. The molecule has 0 atom stereocenters. The molecule has 2 rings (SSSR count). The molecule has 2 N–H and O–H groups in total. The van der Waals surface area contributed by atoms with Gasteiger partial charge in [0.05, 0.1) is 0 Å². The zero-order valence-electron chi connectivity index (χ0n) is 10.4. The summed E-state index contributed by atoms with van der Waals surface area (Å²) < 4.78 is 5.67. The summed E-state index contributed by atoms with van der Waals surface area (Å²) in [6.07, 6.45) is 3.47. The fraction of sp³-hybridized carbons (Fsp3) is 0.429. The zero-order chi connectivity index (χ0) is 12.1. The zero-order valence-corrected chi connectivity index (χ0v) is 10.4. The molecule has 1 aliphatic rings. The summed E-state index contributed by atoms with van der Waals surface area (Å²) in [7, 11) is 0. The Morgan fingerprint density at radius 3 is 3.00 bits per heavy atom. The predicted molar refractivity (Wildman–Crippen MR) is 71.2 cm³/mol. The van der Waals surface area contributed by atoms with Crippen LogP contribution < -0.4 is 10.5 Å². The van der Waals surface area contributed by atoms with Gasteiger partial charge in [-0.05, 0) is 25.5 Å². The molecule has 1 aromatic rings. The summed E-state index contributed by atoms with van der Waals surface area (Å²) in [6.45, 7) is 6.07. The highest BCUT2D eigenvalue weighted by atomic mass is 16.5. The van der Waals surface area contributed by atoms with Crippen molar-refractivity contribution < 1.29 is 4.74 Å². The van der Waals surface area contributed by atoms with E-state index in [0.717, 1.165) is 37.7 Å². The van der Waals surface area contributed by atoms with Crippen molar-refractivity contribution in [2.75, 3.05) is 32.0 Å². The number of nitrogen functional groups attached to an aromatic ring is 1. The average Bonchev–Trinajstić information content (AvgIpc) is 2.32. The molecule has 0 saturated heterocycles. The van der Waals surface area contributed by atoms with Gasteiger partial charge in [0, 0.05) is 31.4 Å². The van der Waals surface area contributed by atoms with Crippen LogP contribution in [0.15, 0.2) is 35.9 Å². The lowest BCUT2D eigenvalue weighted by Crippen LogP contribution is -2.32. The van der Waals surface area contributed by atoms with E-state index in [0.29, 0.717) is 0 Å². The van der Waals surface area contributed by atoms with Gasteiger partial charge in [-0.15, -0.1) is 0 Å². The van der Waals surface area contributed by atoms with E-state index in [4.69, 9.17) is 10.5 Å². The molecule has 1 heterocycles. The topological polar surface area (TPSA) is 38.5 Å². The average molecular weight is 232 g/mol. The maximum atomic E-state index is 5.69. The molecular weight excluding hydrogens is 212 g/mol. The normalized spacial score (nSPS) is 16.6. The third-order valence-electron chi connectivity index (χ3n) is 3.05. The van der Waals surface area contributed by atoms with E-state index in [-0.39, 0.29) is 0 Å². The number of rotatable bonds is 4. The number of ether oxygens (including phenoxy) is 1. The monoisotopic (exact) mass is 232 g/mol. The number of nitrogens with zero attached hydrogens (tertiary/aromatic N) is 1. The second-order valence-electron chi connectivity index (χ2n) is 4.52. The molecule has 1 aromatic carbocycles. The standard InChI is InChI=1S/C14H20N2O/c1-12-5-7-16(8-6-12)9-10-17-14-4-2-3-13(15)11-14/h2-5,11H,6-10,15H2,1H3. The van der Waals surface area contributed by atoms with Crippen LogP contribution in [0.5, 0.6) is 5.75 Å². The number of hydrogen-bond acceptors (Lipinski definition) is 3. The van der Waals surface area contributed by atoms with Gasteiger partial charge in [-0.3, -0.25) is 4.90 Å². The molecule has 0 aliphatic carbocycles. The summed E-state index contributed by atoms with van der Waals surface area (Å²) in [5, 5.41) is 0. The van der Waals surface area contributed by atoms with Crippen LogP contribution in [0.1, 0.15) is 13.3 Å². The van der Waals surface area contributed by atoms with Gasteiger partial charge in [0.1, 0.15) is 12.4 Å². The van der Waals surface area contributed by atoms with E-state index >= 15 is 0 Å². The van der Waals surface area contributed by atoms with Gasteiger partial charge in [-0.1, -0.05) is 17.7 Å². The van der Waals surface area contributed by atoms with Crippen molar-refractivity contribution in [3.63, 3.8) is 0 Å². The molecule has 1 aliphatic heterocycles. The second kappa shape index (κ2) is 5.73. The second-order valence-corrected chi connectivity index (χ2v) is 4.52. The van der Waals surface area contributed by atoms with E-state index in [2.05, 4.69) is 17.9 Å². The van der Waals surface area contributed by atoms with Crippen molar-refractivity contribution in [3.8, 4) is 5.75 Å². The van der Waals surface area contributed by atoms with Gasteiger partial charge < -0.3 is 10.5 Å². The SMILES string of the molecule is CC1=CCN(CCOc2cccc(N)c2)CC1. The lowest BCUT2D eigenvalue weighted by atomic mass is 10.1. The van der Waals surface area contributed by atoms with Gasteiger partial charge in [0.2, 0.25) is 0 Å². The molecule has 3 nitrogen and oxygen atoms in total. The first kappa shape index (κ1) is 12.0. The summed E-state index contributed by atoms with van der Waals surface area (Å²) >= 11 is 0. The number of benzene rings is 1. The fourth-order valence-corrected chi connectivity index (χ4v) is 1.91. The van der Waals surface area contributed by atoms with Gasteiger partial charge in [-0.25, -0.2) is 0 Å². The Bertz CT molecular complexity index is 401. The Kier molecular flexibility index (Phi) is 4.04. The maximum absolute atomic E-state index is 5.69. The van der Waals surface area contributed by atoms with Crippen molar-refractivity contribution in [1.29, 1.82) is 0 Å². The van der Waals surface area contributed by atoms with E-state index in [1.165, 1.54) is 12.0 Å². The van der Waals surface area contributed by atoms with Gasteiger partial charge in [-0.2, -0.15) is 0 Å². The predicted octanol–water partition coefficient (Wildman–Crippen LogP) is 2.30. The number of anilines is 1. The van der Waals surface area contributed by atoms with Gasteiger partial charge >= 0.3 is 0 Å². The molecule has 0 fully saturated rings. The van der Waals surface area contributed by atoms with Crippen LogP contribution in [-0.2, 0) is 0 Å². The summed E-state index contributed by atoms with van der Waals surface area (Å²) in [5.74, 6) is 0.855. The van der Waals surface area contributed by atoms with Crippen molar-refractivity contribution in [1.82, 2.24) is 4.90 Å². The summed E-state index contributed by atoms with van der Waals surface area (Å²) in [6, 6.07) is 7.58. The summed E-state index contributed by atoms with van der Waals surface area (Å²) in [5.41, 5.74) is 7.94. The fourth-order valence-electron chi connectivity index (χ4n) is 1.91. The highest BCUT2D eigenvalue weighted by Gasteiger charge is 2.08. The van der Waals surface area contributed by atoms with E-state index in [1.807, 2.05) is 24.3 Å². The Morgan fingerprint density at radius 1 is 1.41 bits per heavy atom. The molecule has 0 bridgehead atoms. The Morgan fingerprint density at radius 2 is 2.29 bits per heavy atom. The Labute approximate surface area is 103 Å². The molecule has 0 radical (unpaired) electrons. The van der Waals surface area contributed by atoms with E-state index in [1.54, 1.807) is 0 Å². The lowest BCUT2D eigenvalue weighted by Gasteiger charge is -2.25. The third-order valence-corrected chi connectivity index (χ3v) is 3.05. The molecule has 0 aromatic heterocycles. The number of hydrogen-bond donors (Lipinski definition) is 1. The van der Waals surface area contributed by atoms with Crippen LogP contribution in [0.25, 0.3) is 0 Å². The first-order chi connectivity index (χ1) is 8.24. The molecule has 0 spiro atoms. The van der Waals surface area contributed by atoms with Crippen LogP contribution in [0.4, 0.5) is 5.69 Å². The van der Waals surface area contributed by atoms with Crippen LogP contribution in [-0.4, -0.2) is 31.1 Å². The van der Waals surface area contributed by atoms with Crippen LogP contribution in [0.3, 0.4) is 0 Å². The minimum absolute atomic E-state index is 0.719. The van der Waals surface area contributed by atoms with Gasteiger partial charge in [0.25, 0.3) is 0 Å².